The molecule has 6 rings (SSSR count). The van der Waals surface area contributed by atoms with Crippen LogP contribution in [0.3, 0.4) is 0 Å². The number of nitrogens with zero attached hydrogens (tertiary/aromatic N) is 4. The molecule has 0 unspecified atom stereocenters. The maximum atomic E-state index is 12.4. The number of hydrogen-bond acceptors (Lipinski definition) is 9. The van der Waals surface area contributed by atoms with Crippen molar-refractivity contribution in [1.82, 2.24) is 25.1 Å². The summed E-state index contributed by atoms with van der Waals surface area (Å²) in [6.07, 6.45) is 3.11. The van der Waals surface area contributed by atoms with Crippen LogP contribution in [0, 0.1) is 6.92 Å². The average Bonchev–Trinajstić information content (AvgIpc) is 3.61. The summed E-state index contributed by atoms with van der Waals surface area (Å²) < 4.78 is 20.0. The van der Waals surface area contributed by atoms with Crippen molar-refractivity contribution in [2.45, 2.75) is 43.8 Å². The summed E-state index contributed by atoms with van der Waals surface area (Å²) in [6, 6.07) is 14.7. The third-order valence-electron chi connectivity index (χ3n) is 7.24. The Balaban J connectivity index is 1.32. The summed E-state index contributed by atoms with van der Waals surface area (Å²) in [6.45, 7) is 5.44. The average molecular weight is 605 g/mol. The molecular weight excluding hydrogens is 576 g/mol. The first-order chi connectivity index (χ1) is 20.3. The molecule has 1 amide bonds. The summed E-state index contributed by atoms with van der Waals surface area (Å²) in [7, 11) is 0. The topological polar surface area (TPSA) is 130 Å². The maximum Gasteiger partial charge on any atom is 0.250 e. The largest absolute Gasteiger partial charge is 0.489 e. The standard InChI is InChI=1S/C30H29ClN6O4S/c1-16(21-4-3-5-25(27(21)31)41-20-8-10-33-11-9-20)39-26-14-19(13-22(28(26)42)29(32)38)37-15-34-23-12-18(6-7-24(23)37)30-36-35-17(2)40-30/h3-7,12-16,20,33,42H,8-11H2,1-2H3,(H2,32,38)/t16-/m1/s1. The Kier molecular flexibility index (Phi) is 7.80. The second-order valence-corrected chi connectivity index (χ2v) is 11.0. The van der Waals surface area contributed by atoms with Gasteiger partial charge >= 0.3 is 0 Å². The van der Waals surface area contributed by atoms with Crippen molar-refractivity contribution < 1.29 is 18.7 Å². The molecule has 0 aliphatic carbocycles. The van der Waals surface area contributed by atoms with Crippen LogP contribution in [-0.2, 0) is 0 Å². The van der Waals surface area contributed by atoms with E-state index in [0.717, 1.165) is 42.6 Å². The molecule has 3 aromatic carbocycles. The van der Waals surface area contributed by atoms with Crippen molar-refractivity contribution in [2.24, 2.45) is 5.73 Å². The van der Waals surface area contributed by atoms with Crippen LogP contribution in [0.1, 0.15) is 47.7 Å². The van der Waals surface area contributed by atoms with Gasteiger partial charge in [-0.05, 0) is 63.2 Å². The van der Waals surface area contributed by atoms with Gasteiger partial charge in [-0.3, -0.25) is 9.36 Å². The molecule has 1 atom stereocenters. The van der Waals surface area contributed by atoms with E-state index in [2.05, 4.69) is 33.1 Å². The summed E-state index contributed by atoms with van der Waals surface area (Å²) in [4.78, 5) is 17.3. The van der Waals surface area contributed by atoms with Gasteiger partial charge in [0, 0.05) is 24.1 Å². The van der Waals surface area contributed by atoms with Gasteiger partial charge in [0.25, 0.3) is 0 Å². The number of carbonyl (C=O) groups excluding carboxylic acids is 1. The third kappa shape index (κ3) is 5.55. The van der Waals surface area contributed by atoms with Crippen molar-refractivity contribution in [3.63, 3.8) is 0 Å². The number of aryl methyl sites for hydroxylation is 1. The Labute approximate surface area is 252 Å². The molecule has 0 bridgehead atoms. The molecule has 0 saturated carbocycles. The van der Waals surface area contributed by atoms with E-state index in [4.69, 9.17) is 31.2 Å². The minimum atomic E-state index is -0.631. The molecular formula is C30H29ClN6O4S. The molecule has 3 heterocycles. The molecule has 2 aromatic heterocycles. The number of hydrogen-bond donors (Lipinski definition) is 3. The number of halogens is 1. The molecule has 0 radical (unpaired) electrons. The first-order valence-electron chi connectivity index (χ1n) is 13.6. The fourth-order valence-electron chi connectivity index (χ4n) is 5.05. The summed E-state index contributed by atoms with van der Waals surface area (Å²) in [5, 5.41) is 11.8. The zero-order chi connectivity index (χ0) is 29.4. The van der Waals surface area contributed by atoms with Gasteiger partial charge in [-0.1, -0.05) is 23.7 Å². The molecule has 5 aromatic rings. The number of rotatable bonds is 8. The number of amides is 1. The Morgan fingerprint density at radius 1 is 1.17 bits per heavy atom. The van der Waals surface area contributed by atoms with Crippen LogP contribution in [0.4, 0.5) is 0 Å². The minimum absolute atomic E-state index is 0.103. The molecule has 216 valence electrons. The summed E-state index contributed by atoms with van der Waals surface area (Å²) >= 11 is 11.4. The van der Waals surface area contributed by atoms with E-state index in [0.29, 0.717) is 44.4 Å². The van der Waals surface area contributed by atoms with Gasteiger partial charge in [0.1, 0.15) is 30.0 Å². The van der Waals surface area contributed by atoms with E-state index >= 15 is 0 Å². The van der Waals surface area contributed by atoms with Crippen molar-refractivity contribution in [2.75, 3.05) is 13.1 Å². The number of nitrogens with one attached hydrogen (secondary N) is 1. The Bertz CT molecular complexity index is 1780. The van der Waals surface area contributed by atoms with Gasteiger partial charge in [0.15, 0.2) is 0 Å². The first kappa shape index (κ1) is 28.1. The fraction of sp³-hybridized carbons (Fsp3) is 0.267. The van der Waals surface area contributed by atoms with E-state index in [9.17, 15) is 4.79 Å². The van der Waals surface area contributed by atoms with Crippen LogP contribution in [0.25, 0.3) is 28.2 Å². The number of ether oxygens (including phenoxy) is 2. The molecule has 1 aliphatic heterocycles. The highest BCUT2D eigenvalue weighted by atomic mass is 35.5. The number of carbonyl (C=O) groups is 1. The van der Waals surface area contributed by atoms with E-state index in [-0.39, 0.29) is 11.7 Å². The zero-order valence-electron chi connectivity index (χ0n) is 23.0. The smallest absolute Gasteiger partial charge is 0.250 e. The van der Waals surface area contributed by atoms with Crippen LogP contribution >= 0.6 is 24.2 Å². The lowest BCUT2D eigenvalue weighted by Crippen LogP contribution is -2.34. The molecule has 3 N–H and O–H groups in total. The Morgan fingerprint density at radius 2 is 1.98 bits per heavy atom. The molecule has 0 spiro atoms. The minimum Gasteiger partial charge on any atom is -0.489 e. The quantitative estimate of drug-likeness (QED) is 0.192. The molecule has 42 heavy (non-hydrogen) atoms. The van der Waals surface area contributed by atoms with E-state index in [1.807, 2.05) is 47.9 Å². The van der Waals surface area contributed by atoms with Crippen molar-refractivity contribution in [3.8, 4) is 28.6 Å². The number of aromatic nitrogens is 4. The van der Waals surface area contributed by atoms with E-state index < -0.39 is 12.0 Å². The van der Waals surface area contributed by atoms with Crippen molar-refractivity contribution in [1.29, 1.82) is 0 Å². The van der Waals surface area contributed by atoms with Crippen LogP contribution in [0.5, 0.6) is 11.5 Å². The predicted octanol–water partition coefficient (Wildman–Crippen LogP) is 5.70. The highest BCUT2D eigenvalue weighted by molar-refractivity contribution is 7.80. The van der Waals surface area contributed by atoms with E-state index in [1.54, 1.807) is 25.4 Å². The zero-order valence-corrected chi connectivity index (χ0v) is 24.7. The van der Waals surface area contributed by atoms with Gasteiger partial charge in [-0.2, -0.15) is 0 Å². The van der Waals surface area contributed by atoms with Crippen LogP contribution in [0.15, 0.2) is 64.2 Å². The maximum absolute atomic E-state index is 12.4. The predicted molar refractivity (Wildman–Crippen MR) is 162 cm³/mol. The lowest BCUT2D eigenvalue weighted by molar-refractivity contribution is 0.0996. The second kappa shape index (κ2) is 11.7. The Hall–Kier alpha value is -4.06. The monoisotopic (exact) mass is 604 g/mol. The molecule has 12 heteroatoms. The lowest BCUT2D eigenvalue weighted by Gasteiger charge is -2.25. The first-order valence-corrected chi connectivity index (χ1v) is 14.4. The number of imidazole rings is 1. The number of benzene rings is 3. The summed E-state index contributed by atoms with van der Waals surface area (Å²) in [5.41, 5.74) is 9.58. The van der Waals surface area contributed by atoms with Gasteiger partial charge in [-0.15, -0.1) is 22.8 Å². The molecule has 10 nitrogen and oxygen atoms in total. The molecule has 1 fully saturated rings. The highest BCUT2D eigenvalue weighted by Crippen LogP contribution is 2.38. The van der Waals surface area contributed by atoms with Gasteiger partial charge < -0.3 is 24.9 Å². The van der Waals surface area contributed by atoms with Crippen molar-refractivity contribution in [3.05, 3.63) is 76.9 Å². The number of primary amides is 1. The summed E-state index contributed by atoms with van der Waals surface area (Å²) in [5.74, 6) is 1.25. The van der Waals surface area contributed by atoms with Gasteiger partial charge in [-0.25, -0.2) is 4.98 Å². The lowest BCUT2D eigenvalue weighted by atomic mass is 10.1. The highest BCUT2D eigenvalue weighted by Gasteiger charge is 2.22. The molecule has 1 saturated heterocycles. The molecule has 1 aliphatic rings. The normalized spacial score (nSPS) is 14.7. The third-order valence-corrected chi connectivity index (χ3v) is 8.10. The van der Waals surface area contributed by atoms with Crippen LogP contribution < -0.4 is 20.5 Å². The number of thiol groups is 1. The van der Waals surface area contributed by atoms with Crippen LogP contribution in [0.2, 0.25) is 5.02 Å². The SMILES string of the molecule is Cc1nnc(-c2ccc3c(c2)ncn3-c2cc(O[C@H](C)c3cccc(OC4CCNCC4)c3Cl)c(S)c(C(N)=O)c2)o1. The van der Waals surface area contributed by atoms with Crippen molar-refractivity contribution >= 4 is 41.2 Å². The van der Waals surface area contributed by atoms with E-state index in [1.165, 1.54) is 0 Å². The van der Waals surface area contributed by atoms with Gasteiger partial charge in [0.05, 0.1) is 32.2 Å². The number of piperidine rings is 1. The number of fused-ring (bicyclic) bond motifs is 1. The van der Waals surface area contributed by atoms with Gasteiger partial charge in [0.2, 0.25) is 17.7 Å². The second-order valence-electron chi connectivity index (χ2n) is 10.1. The Morgan fingerprint density at radius 3 is 2.71 bits per heavy atom. The van der Waals surface area contributed by atoms with Crippen LogP contribution in [-0.4, -0.2) is 44.8 Å². The number of nitrogens with two attached hydrogens (primary N) is 1. The fourth-order valence-corrected chi connectivity index (χ4v) is 5.67.